The highest BCUT2D eigenvalue weighted by Crippen LogP contribution is 2.24. The molecule has 0 aliphatic heterocycles. The molecule has 0 bridgehead atoms. The highest BCUT2D eigenvalue weighted by Gasteiger charge is 2.12. The minimum Gasteiger partial charge on any atom is -0.488 e. The fraction of sp³-hybridized carbons (Fsp3) is 0.286. The predicted molar refractivity (Wildman–Crippen MR) is 93.8 cm³/mol. The lowest BCUT2D eigenvalue weighted by atomic mass is 10.3. The standard InChI is InChI=1S/C14H16BrN3O2S.ClH/c1-9(20-12-5-3-2-4-10(12)15)7-17-14(19)11-8-21-13(6-16)18-11;/h2-5,8-9H,6-7,16H2,1H3,(H,17,19);1H. The first kappa shape index (κ1) is 18.9. The van der Waals surface area contributed by atoms with Gasteiger partial charge in [0.25, 0.3) is 5.91 Å². The quantitative estimate of drug-likeness (QED) is 0.773. The van der Waals surface area contributed by atoms with Crippen LogP contribution in [0.2, 0.25) is 0 Å². The van der Waals surface area contributed by atoms with E-state index in [2.05, 4.69) is 26.2 Å². The van der Waals surface area contributed by atoms with E-state index in [0.29, 0.717) is 18.8 Å². The van der Waals surface area contributed by atoms with Crippen molar-refractivity contribution < 1.29 is 9.53 Å². The Morgan fingerprint density at radius 2 is 2.23 bits per heavy atom. The summed E-state index contributed by atoms with van der Waals surface area (Å²) in [4.78, 5) is 16.1. The van der Waals surface area contributed by atoms with Crippen LogP contribution in [0.5, 0.6) is 5.75 Å². The molecule has 0 aliphatic rings. The van der Waals surface area contributed by atoms with E-state index in [1.54, 1.807) is 5.38 Å². The Morgan fingerprint density at radius 1 is 1.50 bits per heavy atom. The Morgan fingerprint density at radius 3 is 2.86 bits per heavy atom. The van der Waals surface area contributed by atoms with Crippen LogP contribution >= 0.6 is 39.7 Å². The molecular formula is C14H17BrClN3O2S. The third-order valence-corrected chi connectivity index (χ3v) is 4.20. The van der Waals surface area contributed by atoms with Crippen molar-refractivity contribution in [3.05, 3.63) is 44.8 Å². The van der Waals surface area contributed by atoms with E-state index in [9.17, 15) is 4.79 Å². The molecule has 1 amide bonds. The van der Waals surface area contributed by atoms with Crippen molar-refractivity contribution in [3.63, 3.8) is 0 Å². The molecule has 1 aromatic carbocycles. The number of hydrogen-bond donors (Lipinski definition) is 2. The molecule has 0 aliphatic carbocycles. The van der Waals surface area contributed by atoms with Gasteiger partial charge in [0.1, 0.15) is 22.6 Å². The molecule has 1 aromatic heterocycles. The van der Waals surface area contributed by atoms with E-state index in [-0.39, 0.29) is 24.4 Å². The molecule has 0 radical (unpaired) electrons. The van der Waals surface area contributed by atoms with Crippen LogP contribution in [0.3, 0.4) is 0 Å². The summed E-state index contributed by atoms with van der Waals surface area (Å²) >= 11 is 4.80. The van der Waals surface area contributed by atoms with Gasteiger partial charge in [-0.05, 0) is 35.0 Å². The lowest BCUT2D eigenvalue weighted by Gasteiger charge is -2.16. The summed E-state index contributed by atoms with van der Waals surface area (Å²) in [5.74, 6) is 0.534. The van der Waals surface area contributed by atoms with E-state index in [1.807, 2.05) is 31.2 Å². The monoisotopic (exact) mass is 405 g/mol. The van der Waals surface area contributed by atoms with Crippen molar-refractivity contribution in [3.8, 4) is 5.75 Å². The minimum atomic E-state index is -0.214. The minimum absolute atomic E-state index is 0. The number of ether oxygens (including phenoxy) is 1. The lowest BCUT2D eigenvalue weighted by molar-refractivity contribution is 0.0927. The van der Waals surface area contributed by atoms with E-state index in [1.165, 1.54) is 11.3 Å². The van der Waals surface area contributed by atoms with Crippen LogP contribution in [-0.2, 0) is 6.54 Å². The van der Waals surface area contributed by atoms with E-state index < -0.39 is 0 Å². The second-order valence-corrected chi connectivity index (χ2v) is 6.20. The molecule has 5 nitrogen and oxygen atoms in total. The van der Waals surface area contributed by atoms with Crippen molar-refractivity contribution in [2.24, 2.45) is 5.73 Å². The molecule has 0 spiro atoms. The van der Waals surface area contributed by atoms with Gasteiger partial charge < -0.3 is 15.8 Å². The van der Waals surface area contributed by atoms with E-state index in [4.69, 9.17) is 10.5 Å². The van der Waals surface area contributed by atoms with Crippen molar-refractivity contribution >= 4 is 45.6 Å². The number of para-hydroxylation sites is 1. The first-order valence-electron chi connectivity index (χ1n) is 6.44. The zero-order chi connectivity index (χ0) is 15.2. The average molecular weight is 407 g/mol. The molecule has 1 atom stereocenters. The normalized spacial score (nSPS) is 11.4. The van der Waals surface area contributed by atoms with Gasteiger partial charge in [-0.25, -0.2) is 4.98 Å². The number of amides is 1. The van der Waals surface area contributed by atoms with Crippen molar-refractivity contribution in [2.45, 2.75) is 19.6 Å². The molecule has 3 N–H and O–H groups in total. The SMILES string of the molecule is CC(CNC(=O)c1csc(CN)n1)Oc1ccccc1Br.Cl. The topological polar surface area (TPSA) is 77.2 Å². The number of benzene rings is 1. The number of carbonyl (C=O) groups is 1. The maximum Gasteiger partial charge on any atom is 0.270 e. The zero-order valence-corrected chi connectivity index (χ0v) is 15.1. The van der Waals surface area contributed by atoms with Crippen molar-refractivity contribution in [1.82, 2.24) is 10.3 Å². The number of nitrogens with zero attached hydrogens (tertiary/aromatic N) is 1. The lowest BCUT2D eigenvalue weighted by Crippen LogP contribution is -2.33. The average Bonchev–Trinajstić information content (AvgIpc) is 2.96. The number of aromatic nitrogens is 1. The third-order valence-electron chi connectivity index (χ3n) is 2.67. The summed E-state index contributed by atoms with van der Waals surface area (Å²) in [6.07, 6.45) is -0.153. The van der Waals surface area contributed by atoms with Gasteiger partial charge in [0.2, 0.25) is 0 Å². The molecular weight excluding hydrogens is 390 g/mol. The zero-order valence-electron chi connectivity index (χ0n) is 11.9. The summed E-state index contributed by atoms with van der Waals surface area (Å²) < 4.78 is 6.64. The summed E-state index contributed by atoms with van der Waals surface area (Å²) in [6, 6.07) is 7.59. The second kappa shape index (κ2) is 9.09. The molecule has 0 saturated heterocycles. The maximum atomic E-state index is 11.9. The van der Waals surface area contributed by atoms with Gasteiger partial charge in [-0.1, -0.05) is 12.1 Å². The van der Waals surface area contributed by atoms with Gasteiger partial charge in [0, 0.05) is 11.9 Å². The molecule has 2 aromatic rings. The third kappa shape index (κ3) is 5.24. The summed E-state index contributed by atoms with van der Waals surface area (Å²) in [7, 11) is 0. The number of hydrogen-bond acceptors (Lipinski definition) is 5. The van der Waals surface area contributed by atoms with Crippen LogP contribution in [0.15, 0.2) is 34.1 Å². The molecule has 1 heterocycles. The van der Waals surface area contributed by atoms with Gasteiger partial charge >= 0.3 is 0 Å². The Balaban J connectivity index is 0.00000242. The fourth-order valence-electron chi connectivity index (χ4n) is 1.63. The number of halogens is 2. The van der Waals surface area contributed by atoms with Crippen molar-refractivity contribution in [2.75, 3.05) is 6.54 Å². The van der Waals surface area contributed by atoms with E-state index >= 15 is 0 Å². The van der Waals surface area contributed by atoms with Crippen LogP contribution in [0.1, 0.15) is 22.4 Å². The summed E-state index contributed by atoms with van der Waals surface area (Å²) in [5.41, 5.74) is 5.87. The van der Waals surface area contributed by atoms with Gasteiger partial charge in [0.15, 0.2) is 0 Å². The Bertz CT molecular complexity index is 624. The first-order chi connectivity index (χ1) is 10.1. The van der Waals surface area contributed by atoms with Gasteiger partial charge in [-0.15, -0.1) is 23.7 Å². The van der Waals surface area contributed by atoms with Crippen LogP contribution in [0.25, 0.3) is 0 Å². The smallest absolute Gasteiger partial charge is 0.270 e. The number of thiazole rings is 1. The maximum absolute atomic E-state index is 11.9. The van der Waals surface area contributed by atoms with Gasteiger partial charge in [-0.3, -0.25) is 4.79 Å². The Kier molecular flexibility index (Phi) is 7.81. The Hall–Kier alpha value is -1.15. The van der Waals surface area contributed by atoms with Gasteiger partial charge in [0.05, 0.1) is 11.0 Å². The molecule has 0 fully saturated rings. The fourth-order valence-corrected chi connectivity index (χ4v) is 2.67. The second-order valence-electron chi connectivity index (χ2n) is 4.40. The summed E-state index contributed by atoms with van der Waals surface area (Å²) in [5, 5.41) is 5.25. The molecule has 0 saturated carbocycles. The van der Waals surface area contributed by atoms with Crippen LogP contribution in [-0.4, -0.2) is 23.5 Å². The van der Waals surface area contributed by atoms with Crippen LogP contribution < -0.4 is 15.8 Å². The Labute approximate surface area is 147 Å². The molecule has 22 heavy (non-hydrogen) atoms. The molecule has 1 unspecified atom stereocenters. The molecule has 120 valence electrons. The molecule has 2 rings (SSSR count). The number of nitrogens with one attached hydrogen (secondary N) is 1. The number of rotatable bonds is 6. The highest BCUT2D eigenvalue weighted by atomic mass is 79.9. The predicted octanol–water partition coefficient (Wildman–Crippen LogP) is 2.98. The first-order valence-corrected chi connectivity index (χ1v) is 8.11. The van der Waals surface area contributed by atoms with E-state index in [0.717, 1.165) is 15.2 Å². The highest BCUT2D eigenvalue weighted by molar-refractivity contribution is 9.10. The van der Waals surface area contributed by atoms with Gasteiger partial charge in [-0.2, -0.15) is 0 Å². The number of nitrogens with two attached hydrogens (primary N) is 1. The summed E-state index contributed by atoms with van der Waals surface area (Å²) in [6.45, 7) is 2.64. The largest absolute Gasteiger partial charge is 0.488 e. The molecule has 8 heteroatoms. The van der Waals surface area contributed by atoms with Crippen LogP contribution in [0, 0.1) is 0 Å². The van der Waals surface area contributed by atoms with Crippen molar-refractivity contribution in [1.29, 1.82) is 0 Å². The number of carbonyl (C=O) groups excluding carboxylic acids is 1. The van der Waals surface area contributed by atoms with Crippen LogP contribution in [0.4, 0.5) is 0 Å².